The van der Waals surface area contributed by atoms with Crippen molar-refractivity contribution in [3.63, 3.8) is 0 Å². The Balaban J connectivity index is 0.00000272. The van der Waals surface area contributed by atoms with Gasteiger partial charge in [0.15, 0.2) is 5.96 Å². The van der Waals surface area contributed by atoms with Gasteiger partial charge in [-0.05, 0) is 23.6 Å². The molecule has 2 saturated heterocycles. The molecular formula is C24H33IN4O2. The Hall–Kier alpha value is -1.84. The molecule has 2 heterocycles. The second-order valence-corrected chi connectivity index (χ2v) is 7.87. The molecule has 2 aromatic carbocycles. The molecule has 2 fully saturated rings. The minimum Gasteiger partial charge on any atom is -0.496 e. The number of rotatable bonds is 6. The SMILES string of the molecule is CN=C(NCCc1ccccc1OC)N1CC2OCCN(Cc3ccccc3)C2C1.I. The highest BCUT2D eigenvalue weighted by Crippen LogP contribution is 2.25. The van der Waals surface area contributed by atoms with Crippen molar-refractivity contribution in [1.82, 2.24) is 15.1 Å². The summed E-state index contributed by atoms with van der Waals surface area (Å²) in [5.74, 6) is 1.88. The highest BCUT2D eigenvalue weighted by Gasteiger charge is 2.41. The third-order valence-corrected chi connectivity index (χ3v) is 6.03. The minimum absolute atomic E-state index is 0. The molecule has 0 aromatic heterocycles. The van der Waals surface area contributed by atoms with Crippen molar-refractivity contribution in [2.24, 2.45) is 4.99 Å². The van der Waals surface area contributed by atoms with E-state index in [9.17, 15) is 0 Å². The monoisotopic (exact) mass is 536 g/mol. The van der Waals surface area contributed by atoms with Crippen LogP contribution in [-0.4, -0.2) is 74.8 Å². The standard InChI is InChI=1S/C24H32N4O2.HI/c1-25-24(26-13-12-20-10-6-7-11-22(20)29-2)28-17-21-23(18-28)30-15-14-27(21)16-19-8-4-3-5-9-19;/h3-11,21,23H,12-18H2,1-2H3,(H,25,26);1H. The average molecular weight is 536 g/mol. The summed E-state index contributed by atoms with van der Waals surface area (Å²) < 4.78 is 11.6. The molecule has 0 radical (unpaired) electrons. The zero-order chi connectivity index (χ0) is 20.8. The van der Waals surface area contributed by atoms with Crippen molar-refractivity contribution in [3.05, 3.63) is 65.7 Å². The molecule has 6 nitrogen and oxygen atoms in total. The van der Waals surface area contributed by atoms with Crippen molar-refractivity contribution < 1.29 is 9.47 Å². The van der Waals surface area contributed by atoms with E-state index in [2.05, 4.69) is 62.6 Å². The number of aliphatic imine (C=N–C) groups is 1. The summed E-state index contributed by atoms with van der Waals surface area (Å²) in [4.78, 5) is 9.43. The summed E-state index contributed by atoms with van der Waals surface area (Å²) >= 11 is 0. The van der Waals surface area contributed by atoms with E-state index in [0.29, 0.717) is 6.04 Å². The van der Waals surface area contributed by atoms with E-state index >= 15 is 0 Å². The fourth-order valence-electron chi connectivity index (χ4n) is 4.50. The highest BCUT2D eigenvalue weighted by atomic mass is 127. The molecule has 0 saturated carbocycles. The zero-order valence-corrected chi connectivity index (χ0v) is 20.7. The Morgan fingerprint density at radius 2 is 1.90 bits per heavy atom. The second-order valence-electron chi connectivity index (χ2n) is 7.87. The molecule has 2 aromatic rings. The van der Waals surface area contributed by atoms with E-state index in [0.717, 1.165) is 57.5 Å². The van der Waals surface area contributed by atoms with Gasteiger partial charge in [-0.15, -0.1) is 24.0 Å². The Morgan fingerprint density at radius 1 is 1.13 bits per heavy atom. The van der Waals surface area contributed by atoms with Crippen molar-refractivity contribution >= 4 is 29.9 Å². The van der Waals surface area contributed by atoms with Crippen LogP contribution < -0.4 is 10.1 Å². The molecule has 1 N–H and O–H groups in total. The van der Waals surface area contributed by atoms with Crippen LogP contribution in [0.4, 0.5) is 0 Å². The normalized spacial score (nSPS) is 21.4. The lowest BCUT2D eigenvalue weighted by Crippen LogP contribution is -2.50. The zero-order valence-electron chi connectivity index (χ0n) is 18.4. The summed E-state index contributed by atoms with van der Waals surface area (Å²) in [6, 6.07) is 19.3. The van der Waals surface area contributed by atoms with E-state index < -0.39 is 0 Å². The number of para-hydroxylation sites is 1. The molecule has 2 aliphatic rings. The molecular weight excluding hydrogens is 503 g/mol. The molecule has 0 bridgehead atoms. The van der Waals surface area contributed by atoms with Crippen LogP contribution in [0.1, 0.15) is 11.1 Å². The van der Waals surface area contributed by atoms with Gasteiger partial charge in [-0.25, -0.2) is 0 Å². The molecule has 4 rings (SSSR count). The molecule has 7 heteroatoms. The van der Waals surface area contributed by atoms with Crippen LogP contribution in [0.5, 0.6) is 5.75 Å². The van der Waals surface area contributed by atoms with Crippen LogP contribution in [-0.2, 0) is 17.7 Å². The highest BCUT2D eigenvalue weighted by molar-refractivity contribution is 14.0. The largest absolute Gasteiger partial charge is 0.496 e. The summed E-state index contributed by atoms with van der Waals surface area (Å²) in [7, 11) is 3.58. The Morgan fingerprint density at radius 3 is 2.68 bits per heavy atom. The molecule has 0 aliphatic carbocycles. The van der Waals surface area contributed by atoms with Crippen LogP contribution in [0.25, 0.3) is 0 Å². The van der Waals surface area contributed by atoms with Gasteiger partial charge in [0, 0.05) is 39.8 Å². The Kier molecular flexibility index (Phi) is 8.98. The maximum Gasteiger partial charge on any atom is 0.193 e. The number of fused-ring (bicyclic) bond motifs is 1. The summed E-state index contributed by atoms with van der Waals surface area (Å²) in [6.45, 7) is 5.37. The predicted molar refractivity (Wildman–Crippen MR) is 135 cm³/mol. The molecule has 2 aliphatic heterocycles. The van der Waals surface area contributed by atoms with Crippen molar-refractivity contribution in [2.75, 3.05) is 46.9 Å². The molecule has 2 atom stereocenters. The number of hydrogen-bond donors (Lipinski definition) is 1. The van der Waals surface area contributed by atoms with E-state index in [1.165, 1.54) is 11.1 Å². The molecule has 168 valence electrons. The number of morpholine rings is 1. The molecule has 31 heavy (non-hydrogen) atoms. The number of nitrogens with zero attached hydrogens (tertiary/aromatic N) is 3. The van der Waals surface area contributed by atoms with E-state index in [-0.39, 0.29) is 30.1 Å². The van der Waals surface area contributed by atoms with Crippen LogP contribution in [0, 0.1) is 0 Å². The Labute approximate surface area is 202 Å². The Bertz CT molecular complexity index is 848. The predicted octanol–water partition coefficient (Wildman–Crippen LogP) is 3.02. The first-order valence-electron chi connectivity index (χ1n) is 10.8. The molecule has 0 spiro atoms. The van der Waals surface area contributed by atoms with Crippen LogP contribution >= 0.6 is 24.0 Å². The third-order valence-electron chi connectivity index (χ3n) is 6.03. The summed E-state index contributed by atoms with van der Waals surface area (Å²) in [5, 5.41) is 3.53. The lowest BCUT2D eigenvalue weighted by molar-refractivity contribution is -0.0502. The number of hydrogen-bond acceptors (Lipinski definition) is 4. The van der Waals surface area contributed by atoms with Gasteiger partial charge in [-0.1, -0.05) is 48.5 Å². The number of halogens is 1. The van der Waals surface area contributed by atoms with Gasteiger partial charge in [0.25, 0.3) is 0 Å². The van der Waals surface area contributed by atoms with Crippen molar-refractivity contribution in [3.8, 4) is 5.75 Å². The first-order valence-corrected chi connectivity index (χ1v) is 10.8. The molecule has 0 amide bonds. The number of likely N-dealkylation sites (tertiary alicyclic amines) is 1. The number of ether oxygens (including phenoxy) is 2. The van der Waals surface area contributed by atoms with Gasteiger partial charge in [0.05, 0.1) is 25.9 Å². The lowest BCUT2D eigenvalue weighted by atomic mass is 10.1. The summed E-state index contributed by atoms with van der Waals surface area (Å²) in [5.41, 5.74) is 2.56. The van der Waals surface area contributed by atoms with E-state index in [1.54, 1.807) is 7.11 Å². The van der Waals surface area contributed by atoms with Gasteiger partial charge in [0.2, 0.25) is 0 Å². The van der Waals surface area contributed by atoms with Crippen LogP contribution in [0.15, 0.2) is 59.6 Å². The maximum absolute atomic E-state index is 6.12. The van der Waals surface area contributed by atoms with Gasteiger partial charge >= 0.3 is 0 Å². The lowest BCUT2D eigenvalue weighted by Gasteiger charge is -2.36. The number of guanidine groups is 1. The van der Waals surface area contributed by atoms with Gasteiger partial charge < -0.3 is 19.7 Å². The fourth-order valence-corrected chi connectivity index (χ4v) is 4.50. The third kappa shape index (κ3) is 5.90. The van der Waals surface area contributed by atoms with Gasteiger partial charge in [-0.3, -0.25) is 9.89 Å². The minimum atomic E-state index is 0. The fraction of sp³-hybridized carbons (Fsp3) is 0.458. The van der Waals surface area contributed by atoms with Crippen molar-refractivity contribution in [2.45, 2.75) is 25.1 Å². The average Bonchev–Trinajstić information content (AvgIpc) is 3.23. The topological polar surface area (TPSA) is 49.3 Å². The number of benzene rings is 2. The maximum atomic E-state index is 6.12. The van der Waals surface area contributed by atoms with Crippen LogP contribution in [0.3, 0.4) is 0 Å². The second kappa shape index (κ2) is 11.7. The summed E-state index contributed by atoms with van der Waals surface area (Å²) in [6.07, 6.45) is 1.12. The number of methoxy groups -OCH3 is 1. The van der Waals surface area contributed by atoms with Gasteiger partial charge in [0.1, 0.15) is 5.75 Å². The number of nitrogens with one attached hydrogen (secondary N) is 1. The van der Waals surface area contributed by atoms with Crippen molar-refractivity contribution in [1.29, 1.82) is 0 Å². The van der Waals surface area contributed by atoms with E-state index in [1.807, 2.05) is 19.2 Å². The van der Waals surface area contributed by atoms with Gasteiger partial charge in [-0.2, -0.15) is 0 Å². The first kappa shape index (κ1) is 23.8. The van der Waals surface area contributed by atoms with Crippen LogP contribution in [0.2, 0.25) is 0 Å². The smallest absolute Gasteiger partial charge is 0.193 e. The quantitative estimate of drug-likeness (QED) is 0.350. The first-order chi connectivity index (χ1) is 14.8. The molecule has 2 unspecified atom stereocenters. The van der Waals surface area contributed by atoms with E-state index in [4.69, 9.17) is 9.47 Å².